The summed E-state index contributed by atoms with van der Waals surface area (Å²) in [6.07, 6.45) is 1.09. The summed E-state index contributed by atoms with van der Waals surface area (Å²) in [5.74, 6) is 0.503. The smallest absolute Gasteiger partial charge is 0.0126 e. The molecule has 2 rings (SSSR count). The van der Waals surface area contributed by atoms with Crippen molar-refractivity contribution in [3.05, 3.63) is 70.3 Å². The fourth-order valence-electron chi connectivity index (χ4n) is 4.25. The maximum atomic E-state index is 2.41. The zero-order chi connectivity index (χ0) is 20.6. The van der Waals surface area contributed by atoms with Crippen molar-refractivity contribution in [1.82, 2.24) is 0 Å². The average molecular weight is 365 g/mol. The topological polar surface area (TPSA) is 0 Å². The molecule has 0 aromatic heterocycles. The van der Waals surface area contributed by atoms with Crippen LogP contribution in [0.5, 0.6) is 0 Å². The Labute approximate surface area is 168 Å². The maximum absolute atomic E-state index is 2.41. The van der Waals surface area contributed by atoms with Gasteiger partial charge >= 0.3 is 0 Å². The summed E-state index contributed by atoms with van der Waals surface area (Å²) in [6, 6.07) is 15.8. The van der Waals surface area contributed by atoms with E-state index in [0.29, 0.717) is 5.92 Å². The second-order valence-electron chi connectivity index (χ2n) is 11.3. The molecule has 0 aliphatic rings. The van der Waals surface area contributed by atoms with E-state index in [1.54, 1.807) is 11.1 Å². The maximum Gasteiger partial charge on any atom is -0.0126 e. The lowest BCUT2D eigenvalue weighted by Gasteiger charge is -2.37. The highest BCUT2D eigenvalue weighted by Crippen LogP contribution is 2.42. The highest BCUT2D eigenvalue weighted by molar-refractivity contribution is 5.50. The lowest BCUT2D eigenvalue weighted by Crippen LogP contribution is -2.27. The molecule has 0 heterocycles. The van der Waals surface area contributed by atoms with Crippen LogP contribution in [-0.2, 0) is 22.7 Å². The van der Waals surface area contributed by atoms with Crippen LogP contribution in [0.15, 0.2) is 42.5 Å². The minimum Gasteiger partial charge on any atom is -0.0622 e. The van der Waals surface area contributed by atoms with Gasteiger partial charge in [-0.25, -0.2) is 0 Å². The number of rotatable bonds is 3. The first-order valence-electron chi connectivity index (χ1n) is 10.4. The summed E-state index contributed by atoms with van der Waals surface area (Å²) in [7, 11) is 0. The van der Waals surface area contributed by atoms with Crippen molar-refractivity contribution in [3.63, 3.8) is 0 Å². The Morgan fingerprint density at radius 2 is 1.11 bits per heavy atom. The van der Waals surface area contributed by atoms with Gasteiger partial charge in [-0.15, -0.1) is 0 Å². The molecule has 0 aliphatic carbocycles. The van der Waals surface area contributed by atoms with Gasteiger partial charge in [0.05, 0.1) is 0 Å². The molecule has 0 saturated heterocycles. The van der Waals surface area contributed by atoms with Crippen molar-refractivity contribution in [2.45, 2.75) is 97.8 Å². The van der Waals surface area contributed by atoms with E-state index in [1.165, 1.54) is 16.7 Å². The second-order valence-corrected chi connectivity index (χ2v) is 11.3. The molecule has 0 radical (unpaired) electrons. The minimum absolute atomic E-state index is 0.121. The highest BCUT2D eigenvalue weighted by Gasteiger charge is 2.32. The van der Waals surface area contributed by atoms with Crippen LogP contribution in [0.2, 0.25) is 0 Å². The van der Waals surface area contributed by atoms with Crippen LogP contribution in [0.3, 0.4) is 0 Å². The molecule has 0 spiro atoms. The molecule has 0 bridgehead atoms. The van der Waals surface area contributed by atoms with Crippen molar-refractivity contribution >= 4 is 0 Å². The Morgan fingerprint density at radius 1 is 0.630 bits per heavy atom. The molecule has 0 N–H and O–H groups in total. The predicted molar refractivity (Wildman–Crippen MR) is 121 cm³/mol. The molecular formula is C27H40. The van der Waals surface area contributed by atoms with Gasteiger partial charge in [-0.2, -0.15) is 0 Å². The summed E-state index contributed by atoms with van der Waals surface area (Å²) in [5, 5.41) is 0. The molecule has 148 valence electrons. The Morgan fingerprint density at radius 3 is 1.56 bits per heavy atom. The first-order chi connectivity index (χ1) is 12.2. The summed E-state index contributed by atoms with van der Waals surface area (Å²) >= 11 is 0. The van der Waals surface area contributed by atoms with Crippen LogP contribution in [-0.4, -0.2) is 0 Å². The summed E-state index contributed by atoms with van der Waals surface area (Å²) in [4.78, 5) is 0. The SMILES string of the molecule is CC(Cc1c(C(C)(C)C)ccc(C(C)(C)C)c1C(C)(C)C)c1ccccc1. The van der Waals surface area contributed by atoms with E-state index in [-0.39, 0.29) is 16.2 Å². The Balaban J connectivity index is 2.74. The Kier molecular flexibility index (Phi) is 6.00. The second kappa shape index (κ2) is 7.46. The molecule has 0 saturated carbocycles. The van der Waals surface area contributed by atoms with E-state index >= 15 is 0 Å². The molecule has 2 aromatic carbocycles. The van der Waals surface area contributed by atoms with Gasteiger partial charge in [0.1, 0.15) is 0 Å². The van der Waals surface area contributed by atoms with Gasteiger partial charge in [-0.05, 0) is 56.4 Å². The molecule has 0 aliphatic heterocycles. The lowest BCUT2D eigenvalue weighted by molar-refractivity contribution is 0.510. The van der Waals surface area contributed by atoms with Crippen LogP contribution in [0.1, 0.15) is 103 Å². The molecule has 0 nitrogen and oxygen atoms in total. The van der Waals surface area contributed by atoms with Gasteiger partial charge < -0.3 is 0 Å². The average Bonchev–Trinajstić information content (AvgIpc) is 2.52. The van der Waals surface area contributed by atoms with E-state index in [0.717, 1.165) is 6.42 Å². The van der Waals surface area contributed by atoms with Crippen molar-refractivity contribution in [1.29, 1.82) is 0 Å². The van der Waals surface area contributed by atoms with E-state index in [4.69, 9.17) is 0 Å². The first-order valence-corrected chi connectivity index (χ1v) is 10.4. The molecule has 0 fully saturated rings. The molecule has 1 unspecified atom stereocenters. The van der Waals surface area contributed by atoms with Gasteiger partial charge in [-0.3, -0.25) is 0 Å². The quantitative estimate of drug-likeness (QED) is 0.518. The number of benzene rings is 2. The highest BCUT2D eigenvalue weighted by atomic mass is 14.4. The van der Waals surface area contributed by atoms with Crippen molar-refractivity contribution in [3.8, 4) is 0 Å². The lowest BCUT2D eigenvalue weighted by atomic mass is 9.68. The zero-order valence-corrected chi connectivity index (χ0v) is 19.3. The van der Waals surface area contributed by atoms with Crippen molar-refractivity contribution in [2.24, 2.45) is 0 Å². The molecule has 0 heteroatoms. The third-order valence-corrected chi connectivity index (χ3v) is 5.56. The van der Waals surface area contributed by atoms with Gasteiger partial charge in [0.25, 0.3) is 0 Å². The zero-order valence-electron chi connectivity index (χ0n) is 19.3. The van der Waals surface area contributed by atoms with Crippen molar-refractivity contribution < 1.29 is 0 Å². The minimum atomic E-state index is 0.121. The van der Waals surface area contributed by atoms with Crippen LogP contribution in [0.4, 0.5) is 0 Å². The van der Waals surface area contributed by atoms with Crippen molar-refractivity contribution in [2.75, 3.05) is 0 Å². The molecular weight excluding hydrogens is 324 g/mol. The molecule has 0 amide bonds. The Bertz CT molecular complexity index is 759. The number of hydrogen-bond acceptors (Lipinski definition) is 0. The fourth-order valence-corrected chi connectivity index (χ4v) is 4.25. The number of hydrogen-bond donors (Lipinski definition) is 0. The molecule has 2 aromatic rings. The van der Waals surface area contributed by atoms with E-state index < -0.39 is 0 Å². The van der Waals surface area contributed by atoms with Gasteiger partial charge in [0.2, 0.25) is 0 Å². The summed E-state index contributed by atoms with van der Waals surface area (Å²) in [5.41, 5.74) is 7.96. The monoisotopic (exact) mass is 364 g/mol. The van der Waals surface area contributed by atoms with Gasteiger partial charge in [0.15, 0.2) is 0 Å². The summed E-state index contributed by atoms with van der Waals surface area (Å²) in [6.45, 7) is 23.6. The normalized spacial score (nSPS) is 14.3. The largest absolute Gasteiger partial charge is 0.0622 e. The van der Waals surface area contributed by atoms with E-state index in [1.807, 2.05) is 0 Å². The predicted octanol–water partition coefficient (Wildman–Crippen LogP) is 7.93. The van der Waals surface area contributed by atoms with Crippen LogP contribution >= 0.6 is 0 Å². The third kappa shape index (κ3) is 5.03. The van der Waals surface area contributed by atoms with Crippen LogP contribution in [0.25, 0.3) is 0 Å². The molecule has 1 atom stereocenters. The standard InChI is InChI=1S/C27H40/c1-19(20-14-12-11-13-15-20)18-21-22(25(2,3)4)16-17-23(26(5,6)7)24(21)27(8,9)10/h11-17,19H,18H2,1-10H3. The Hall–Kier alpha value is -1.56. The fraction of sp³-hybridized carbons (Fsp3) is 0.556. The molecule has 27 heavy (non-hydrogen) atoms. The van der Waals surface area contributed by atoms with E-state index in [9.17, 15) is 0 Å². The third-order valence-electron chi connectivity index (χ3n) is 5.56. The van der Waals surface area contributed by atoms with Crippen LogP contribution < -0.4 is 0 Å². The first kappa shape index (κ1) is 21.7. The summed E-state index contributed by atoms with van der Waals surface area (Å²) < 4.78 is 0. The van der Waals surface area contributed by atoms with Gasteiger partial charge in [-0.1, -0.05) is 112 Å². The van der Waals surface area contributed by atoms with Crippen LogP contribution in [0, 0.1) is 0 Å². The van der Waals surface area contributed by atoms with E-state index in [2.05, 4.69) is 112 Å². The van der Waals surface area contributed by atoms with Gasteiger partial charge in [0, 0.05) is 0 Å².